The van der Waals surface area contributed by atoms with E-state index in [2.05, 4.69) is 10.4 Å². The molecule has 0 fully saturated rings. The molecule has 0 unspecified atom stereocenters. The van der Waals surface area contributed by atoms with Crippen molar-refractivity contribution in [1.82, 2.24) is 4.98 Å². The highest BCUT2D eigenvalue weighted by molar-refractivity contribution is 5.76. The predicted molar refractivity (Wildman–Crippen MR) is 46.5 cm³/mol. The highest BCUT2D eigenvalue weighted by Crippen LogP contribution is 2.18. The molecule has 0 spiro atoms. The smallest absolute Gasteiger partial charge is 0.310 e. The van der Waals surface area contributed by atoms with Gasteiger partial charge in [-0.25, -0.2) is 5.84 Å². The summed E-state index contributed by atoms with van der Waals surface area (Å²) in [5.74, 6) is 5.11. The van der Waals surface area contributed by atoms with Gasteiger partial charge in [-0.1, -0.05) is 0 Å². The first-order valence-corrected chi connectivity index (χ1v) is 3.61. The molecule has 0 aliphatic heterocycles. The van der Waals surface area contributed by atoms with Crippen molar-refractivity contribution in [3.63, 3.8) is 0 Å². The SMILES string of the molecule is N#Cc1ccc2oc(NN)nc2c1. The van der Waals surface area contributed by atoms with Gasteiger partial charge in [0.25, 0.3) is 0 Å². The first-order valence-electron chi connectivity index (χ1n) is 3.61. The van der Waals surface area contributed by atoms with E-state index < -0.39 is 0 Å². The Hall–Kier alpha value is -2.06. The van der Waals surface area contributed by atoms with Crippen molar-refractivity contribution in [1.29, 1.82) is 5.26 Å². The molecule has 0 bridgehead atoms. The third-order valence-corrected chi connectivity index (χ3v) is 1.64. The lowest BCUT2D eigenvalue weighted by molar-refractivity contribution is 0.617. The van der Waals surface area contributed by atoms with Gasteiger partial charge in [0.05, 0.1) is 11.6 Å². The first kappa shape index (κ1) is 7.58. The molecule has 0 saturated heterocycles. The van der Waals surface area contributed by atoms with Crippen LogP contribution in [0.25, 0.3) is 11.1 Å². The molecule has 3 N–H and O–H groups in total. The molecule has 0 aliphatic carbocycles. The number of nitrogens with one attached hydrogen (secondary N) is 1. The van der Waals surface area contributed by atoms with Crippen LogP contribution in [0.2, 0.25) is 0 Å². The quantitative estimate of drug-likeness (QED) is 0.497. The molecular weight excluding hydrogens is 168 g/mol. The number of nitrogen functional groups attached to an aromatic ring is 1. The molecule has 0 aliphatic rings. The van der Waals surface area contributed by atoms with Gasteiger partial charge in [0, 0.05) is 0 Å². The third kappa shape index (κ3) is 1.19. The minimum absolute atomic E-state index is 0.241. The van der Waals surface area contributed by atoms with Gasteiger partial charge in [-0.05, 0) is 18.2 Å². The summed E-state index contributed by atoms with van der Waals surface area (Å²) >= 11 is 0. The maximum absolute atomic E-state index is 8.61. The van der Waals surface area contributed by atoms with Crippen molar-refractivity contribution >= 4 is 17.1 Å². The van der Waals surface area contributed by atoms with E-state index in [4.69, 9.17) is 15.5 Å². The zero-order valence-electron chi connectivity index (χ0n) is 6.61. The lowest BCUT2D eigenvalue weighted by Crippen LogP contribution is -2.06. The Kier molecular flexibility index (Phi) is 1.61. The minimum atomic E-state index is 0.241. The average molecular weight is 174 g/mol. The number of rotatable bonds is 1. The molecular formula is C8H6N4O. The maximum atomic E-state index is 8.61. The van der Waals surface area contributed by atoms with Crippen molar-refractivity contribution < 1.29 is 4.42 Å². The molecule has 64 valence electrons. The van der Waals surface area contributed by atoms with Gasteiger partial charge in [-0.2, -0.15) is 10.2 Å². The number of nitriles is 1. The Bertz CT molecular complexity index is 482. The largest absolute Gasteiger partial charge is 0.423 e. The van der Waals surface area contributed by atoms with Crippen molar-refractivity contribution in [3.8, 4) is 6.07 Å². The van der Waals surface area contributed by atoms with E-state index in [1.165, 1.54) is 0 Å². The molecule has 1 aromatic heterocycles. The molecule has 1 heterocycles. The molecule has 0 radical (unpaired) electrons. The van der Waals surface area contributed by atoms with Crippen LogP contribution < -0.4 is 11.3 Å². The van der Waals surface area contributed by atoms with Crippen LogP contribution in [0.15, 0.2) is 22.6 Å². The summed E-state index contributed by atoms with van der Waals surface area (Å²) in [7, 11) is 0. The number of nitrogens with two attached hydrogens (primary N) is 1. The second kappa shape index (κ2) is 2.77. The number of aromatic nitrogens is 1. The summed E-state index contributed by atoms with van der Waals surface area (Å²) in [6.45, 7) is 0. The minimum Gasteiger partial charge on any atom is -0.423 e. The molecule has 0 atom stereocenters. The Balaban J connectivity index is 2.65. The highest BCUT2D eigenvalue weighted by atomic mass is 16.4. The predicted octanol–water partition coefficient (Wildman–Crippen LogP) is 0.985. The van der Waals surface area contributed by atoms with Crippen LogP contribution in [0.1, 0.15) is 5.56 Å². The van der Waals surface area contributed by atoms with Gasteiger partial charge >= 0.3 is 6.01 Å². The van der Waals surface area contributed by atoms with Crippen LogP contribution in [0.4, 0.5) is 6.01 Å². The lowest BCUT2D eigenvalue weighted by Gasteiger charge is -1.85. The topological polar surface area (TPSA) is 87.9 Å². The number of hydrogen-bond acceptors (Lipinski definition) is 5. The fourth-order valence-electron chi connectivity index (χ4n) is 1.06. The van der Waals surface area contributed by atoms with Crippen molar-refractivity contribution in [2.24, 2.45) is 5.84 Å². The van der Waals surface area contributed by atoms with Gasteiger partial charge < -0.3 is 4.42 Å². The van der Waals surface area contributed by atoms with Gasteiger partial charge in [0.2, 0.25) is 0 Å². The van der Waals surface area contributed by atoms with Gasteiger partial charge in [-0.3, -0.25) is 5.43 Å². The summed E-state index contributed by atoms with van der Waals surface area (Å²) < 4.78 is 5.16. The Morgan fingerprint density at radius 3 is 3.08 bits per heavy atom. The maximum Gasteiger partial charge on any atom is 0.310 e. The van der Waals surface area contributed by atoms with Crippen LogP contribution >= 0.6 is 0 Å². The fourth-order valence-corrected chi connectivity index (χ4v) is 1.06. The summed E-state index contributed by atoms with van der Waals surface area (Å²) in [4.78, 5) is 3.99. The molecule has 5 nitrogen and oxygen atoms in total. The van der Waals surface area contributed by atoms with Crippen LogP contribution in [0.3, 0.4) is 0 Å². The van der Waals surface area contributed by atoms with Crippen LogP contribution in [0.5, 0.6) is 0 Å². The Morgan fingerprint density at radius 2 is 2.38 bits per heavy atom. The molecule has 5 heteroatoms. The first-order chi connectivity index (χ1) is 6.33. The average Bonchev–Trinajstić information content (AvgIpc) is 2.58. The molecule has 0 amide bonds. The van der Waals surface area contributed by atoms with Crippen LogP contribution in [0, 0.1) is 11.3 Å². The molecule has 13 heavy (non-hydrogen) atoms. The second-order valence-corrected chi connectivity index (χ2v) is 2.46. The number of hydrazine groups is 1. The van der Waals surface area contributed by atoms with E-state index in [-0.39, 0.29) is 6.01 Å². The number of nitrogens with zero attached hydrogens (tertiary/aromatic N) is 2. The van der Waals surface area contributed by atoms with E-state index in [1.807, 2.05) is 6.07 Å². The Labute approximate surface area is 73.7 Å². The van der Waals surface area contributed by atoms with Crippen molar-refractivity contribution in [2.75, 3.05) is 5.43 Å². The van der Waals surface area contributed by atoms with E-state index >= 15 is 0 Å². The molecule has 0 saturated carbocycles. The summed E-state index contributed by atoms with van der Waals surface area (Å²) in [5.41, 5.74) is 4.06. The van der Waals surface area contributed by atoms with Gasteiger partial charge in [-0.15, -0.1) is 0 Å². The van der Waals surface area contributed by atoms with Gasteiger partial charge in [0.15, 0.2) is 5.58 Å². The Morgan fingerprint density at radius 1 is 1.54 bits per heavy atom. The van der Waals surface area contributed by atoms with Gasteiger partial charge in [0.1, 0.15) is 5.52 Å². The van der Waals surface area contributed by atoms with Crippen LogP contribution in [-0.2, 0) is 0 Å². The van der Waals surface area contributed by atoms with Crippen LogP contribution in [-0.4, -0.2) is 4.98 Å². The summed E-state index contributed by atoms with van der Waals surface area (Å²) in [6.07, 6.45) is 0. The number of hydrogen-bond donors (Lipinski definition) is 2. The van der Waals surface area contributed by atoms with E-state index in [0.29, 0.717) is 16.7 Å². The molecule has 1 aromatic carbocycles. The lowest BCUT2D eigenvalue weighted by atomic mass is 10.2. The molecule has 2 aromatic rings. The number of anilines is 1. The number of oxazole rings is 1. The van der Waals surface area contributed by atoms with E-state index in [0.717, 1.165) is 0 Å². The number of fused-ring (bicyclic) bond motifs is 1. The number of benzene rings is 1. The zero-order chi connectivity index (χ0) is 9.26. The summed E-state index contributed by atoms with van der Waals surface area (Å²) in [5, 5.41) is 8.61. The fraction of sp³-hybridized carbons (Fsp3) is 0. The highest BCUT2D eigenvalue weighted by Gasteiger charge is 2.04. The van der Waals surface area contributed by atoms with Crippen molar-refractivity contribution in [2.45, 2.75) is 0 Å². The third-order valence-electron chi connectivity index (χ3n) is 1.64. The molecule has 2 rings (SSSR count). The van der Waals surface area contributed by atoms with E-state index in [9.17, 15) is 0 Å². The van der Waals surface area contributed by atoms with E-state index in [1.54, 1.807) is 18.2 Å². The van der Waals surface area contributed by atoms with Crippen molar-refractivity contribution in [3.05, 3.63) is 23.8 Å². The monoisotopic (exact) mass is 174 g/mol. The normalized spacial score (nSPS) is 9.85. The zero-order valence-corrected chi connectivity index (χ0v) is 6.61. The standard InChI is InChI=1S/C8H6N4O/c9-4-5-1-2-7-6(3-5)11-8(12-10)13-7/h1-3H,10H2,(H,11,12). The summed E-state index contributed by atoms with van der Waals surface area (Å²) in [6, 6.07) is 7.24. The second-order valence-electron chi connectivity index (χ2n) is 2.46.